The molecule has 0 radical (unpaired) electrons. The van der Waals surface area contributed by atoms with E-state index in [-0.39, 0.29) is 11.9 Å². The first-order chi connectivity index (χ1) is 10.2. The summed E-state index contributed by atoms with van der Waals surface area (Å²) in [6.07, 6.45) is -0.469. The van der Waals surface area contributed by atoms with Crippen LogP contribution in [-0.4, -0.2) is 18.5 Å². The fourth-order valence-electron chi connectivity index (χ4n) is 2.44. The summed E-state index contributed by atoms with van der Waals surface area (Å²) in [5.41, 5.74) is 2.61. The number of esters is 2. The van der Waals surface area contributed by atoms with Crippen LogP contribution in [0.4, 0.5) is 0 Å². The topological polar surface area (TPSA) is 52.6 Å². The first-order valence-corrected chi connectivity index (χ1v) is 6.77. The highest BCUT2D eigenvalue weighted by molar-refractivity contribution is 5.94. The minimum Gasteiger partial charge on any atom is -0.462 e. The van der Waals surface area contributed by atoms with E-state index in [2.05, 4.69) is 0 Å². The van der Waals surface area contributed by atoms with Crippen molar-refractivity contribution >= 4 is 11.9 Å². The molecule has 0 aromatic heterocycles. The third kappa shape index (κ3) is 2.40. The Morgan fingerprint density at radius 2 is 2.00 bits per heavy atom. The van der Waals surface area contributed by atoms with Crippen LogP contribution in [0.15, 0.2) is 48.5 Å². The Kier molecular flexibility index (Phi) is 3.44. The summed E-state index contributed by atoms with van der Waals surface area (Å²) in [6, 6.07) is 14.3. The van der Waals surface area contributed by atoms with Crippen LogP contribution in [0.5, 0.6) is 0 Å². The molecule has 1 aliphatic heterocycles. The van der Waals surface area contributed by atoms with E-state index >= 15 is 0 Å². The van der Waals surface area contributed by atoms with Gasteiger partial charge in [-0.25, -0.2) is 9.59 Å². The first kappa shape index (κ1) is 13.4. The number of hydrogen-bond donors (Lipinski definition) is 0. The van der Waals surface area contributed by atoms with Crippen LogP contribution in [0.2, 0.25) is 0 Å². The SMILES string of the molecule is CCOC(=O)c1cccc(C2OC(=O)c3ccccc32)c1. The van der Waals surface area contributed by atoms with Crippen molar-refractivity contribution in [2.75, 3.05) is 6.61 Å². The van der Waals surface area contributed by atoms with Crippen LogP contribution in [0.3, 0.4) is 0 Å². The number of cyclic esters (lactones) is 1. The van der Waals surface area contributed by atoms with E-state index in [0.717, 1.165) is 11.1 Å². The molecule has 1 atom stereocenters. The second-order valence-corrected chi connectivity index (χ2v) is 4.72. The number of hydrogen-bond acceptors (Lipinski definition) is 4. The van der Waals surface area contributed by atoms with E-state index in [4.69, 9.17) is 9.47 Å². The highest BCUT2D eigenvalue weighted by Gasteiger charge is 2.31. The summed E-state index contributed by atoms with van der Waals surface area (Å²) in [5, 5.41) is 0. The summed E-state index contributed by atoms with van der Waals surface area (Å²) < 4.78 is 10.4. The molecule has 0 spiro atoms. The molecule has 3 rings (SSSR count). The second-order valence-electron chi connectivity index (χ2n) is 4.72. The van der Waals surface area contributed by atoms with Gasteiger partial charge in [0.2, 0.25) is 0 Å². The van der Waals surface area contributed by atoms with Crippen molar-refractivity contribution in [2.24, 2.45) is 0 Å². The zero-order valence-corrected chi connectivity index (χ0v) is 11.5. The first-order valence-electron chi connectivity index (χ1n) is 6.77. The van der Waals surface area contributed by atoms with Gasteiger partial charge in [0.25, 0.3) is 0 Å². The van der Waals surface area contributed by atoms with Crippen molar-refractivity contribution in [3.8, 4) is 0 Å². The lowest BCUT2D eigenvalue weighted by molar-refractivity contribution is 0.0456. The van der Waals surface area contributed by atoms with Crippen molar-refractivity contribution in [2.45, 2.75) is 13.0 Å². The number of ether oxygens (including phenoxy) is 2. The van der Waals surface area contributed by atoms with Gasteiger partial charge in [-0.1, -0.05) is 30.3 Å². The number of carbonyl (C=O) groups excluding carboxylic acids is 2. The lowest BCUT2D eigenvalue weighted by Gasteiger charge is -2.12. The molecule has 4 heteroatoms. The molecule has 1 unspecified atom stereocenters. The third-order valence-corrected chi connectivity index (χ3v) is 3.39. The Morgan fingerprint density at radius 1 is 1.19 bits per heavy atom. The third-order valence-electron chi connectivity index (χ3n) is 3.39. The van der Waals surface area contributed by atoms with Gasteiger partial charge in [-0.3, -0.25) is 0 Å². The van der Waals surface area contributed by atoms with Gasteiger partial charge in [0.05, 0.1) is 17.7 Å². The molecule has 0 saturated carbocycles. The molecule has 0 aliphatic carbocycles. The highest BCUT2D eigenvalue weighted by Crippen LogP contribution is 2.35. The average molecular weight is 282 g/mol. The predicted octanol–water partition coefficient (Wildman–Crippen LogP) is 3.12. The molecular weight excluding hydrogens is 268 g/mol. The standard InChI is InChI=1S/C17H14O4/c1-2-20-16(18)12-7-5-6-11(10-12)15-13-8-3-4-9-14(13)17(19)21-15/h3-10,15H,2H2,1H3. The maximum absolute atomic E-state index is 11.9. The van der Waals surface area contributed by atoms with Crippen molar-refractivity contribution in [3.05, 3.63) is 70.8 Å². The molecule has 1 heterocycles. The van der Waals surface area contributed by atoms with E-state index < -0.39 is 6.10 Å². The van der Waals surface area contributed by atoms with Gasteiger partial charge >= 0.3 is 11.9 Å². The second kappa shape index (κ2) is 5.40. The van der Waals surface area contributed by atoms with Crippen molar-refractivity contribution in [3.63, 3.8) is 0 Å². The molecule has 0 fully saturated rings. The van der Waals surface area contributed by atoms with Gasteiger partial charge in [0.15, 0.2) is 6.10 Å². The Labute approximate surface area is 122 Å². The molecule has 106 valence electrons. The molecule has 0 N–H and O–H groups in total. The molecule has 0 bridgehead atoms. The van der Waals surface area contributed by atoms with Gasteiger partial charge in [0.1, 0.15) is 0 Å². The lowest BCUT2D eigenvalue weighted by Crippen LogP contribution is -2.07. The molecule has 21 heavy (non-hydrogen) atoms. The smallest absolute Gasteiger partial charge is 0.339 e. The van der Waals surface area contributed by atoms with Crippen LogP contribution in [0, 0.1) is 0 Å². The predicted molar refractivity (Wildman–Crippen MR) is 76.1 cm³/mol. The summed E-state index contributed by atoms with van der Waals surface area (Å²) in [6.45, 7) is 2.08. The van der Waals surface area contributed by atoms with Crippen molar-refractivity contribution in [1.29, 1.82) is 0 Å². The van der Waals surface area contributed by atoms with Crippen LogP contribution in [-0.2, 0) is 9.47 Å². The Morgan fingerprint density at radius 3 is 2.81 bits per heavy atom. The summed E-state index contributed by atoms with van der Waals surface area (Å²) in [7, 11) is 0. The molecule has 2 aromatic carbocycles. The van der Waals surface area contributed by atoms with Gasteiger partial charge in [-0.15, -0.1) is 0 Å². The average Bonchev–Trinajstić information content (AvgIpc) is 2.85. The highest BCUT2D eigenvalue weighted by atomic mass is 16.5. The quantitative estimate of drug-likeness (QED) is 0.812. The number of fused-ring (bicyclic) bond motifs is 1. The minimum absolute atomic E-state index is 0.324. The zero-order valence-electron chi connectivity index (χ0n) is 11.5. The monoisotopic (exact) mass is 282 g/mol. The summed E-state index contributed by atoms with van der Waals surface area (Å²) >= 11 is 0. The minimum atomic E-state index is -0.469. The molecule has 0 amide bonds. The molecule has 0 saturated heterocycles. The Balaban J connectivity index is 1.97. The van der Waals surface area contributed by atoms with E-state index in [1.165, 1.54) is 0 Å². The fraction of sp³-hybridized carbons (Fsp3) is 0.176. The zero-order chi connectivity index (χ0) is 14.8. The maximum atomic E-state index is 11.9. The number of carbonyl (C=O) groups is 2. The maximum Gasteiger partial charge on any atom is 0.339 e. The fourth-order valence-corrected chi connectivity index (χ4v) is 2.44. The Hall–Kier alpha value is -2.62. The van der Waals surface area contributed by atoms with Crippen LogP contribution in [0.25, 0.3) is 0 Å². The number of benzene rings is 2. The van der Waals surface area contributed by atoms with E-state index in [9.17, 15) is 9.59 Å². The molecule has 2 aromatic rings. The van der Waals surface area contributed by atoms with Gasteiger partial charge in [0, 0.05) is 5.56 Å². The van der Waals surface area contributed by atoms with E-state index in [1.807, 2.05) is 18.2 Å². The van der Waals surface area contributed by atoms with E-state index in [0.29, 0.717) is 17.7 Å². The van der Waals surface area contributed by atoms with Crippen LogP contribution < -0.4 is 0 Å². The lowest BCUT2D eigenvalue weighted by atomic mass is 9.98. The largest absolute Gasteiger partial charge is 0.462 e. The van der Waals surface area contributed by atoms with Crippen LogP contribution >= 0.6 is 0 Å². The van der Waals surface area contributed by atoms with Crippen molar-refractivity contribution in [1.82, 2.24) is 0 Å². The summed E-state index contributed by atoms with van der Waals surface area (Å²) in [4.78, 5) is 23.6. The number of rotatable bonds is 3. The van der Waals surface area contributed by atoms with Crippen LogP contribution in [0.1, 0.15) is 44.9 Å². The molecule has 4 nitrogen and oxygen atoms in total. The molecule has 1 aliphatic rings. The van der Waals surface area contributed by atoms with Gasteiger partial charge in [-0.2, -0.15) is 0 Å². The normalized spacial score (nSPS) is 16.2. The van der Waals surface area contributed by atoms with Crippen molar-refractivity contribution < 1.29 is 19.1 Å². The summed E-state index contributed by atoms with van der Waals surface area (Å²) in [5.74, 6) is -0.714. The van der Waals surface area contributed by atoms with Gasteiger partial charge in [-0.05, 0) is 30.7 Å². The Bertz CT molecular complexity index is 705. The molecular formula is C17H14O4. The van der Waals surface area contributed by atoms with Gasteiger partial charge < -0.3 is 9.47 Å². The van der Waals surface area contributed by atoms with E-state index in [1.54, 1.807) is 37.3 Å².